The number of nitrogens with two attached hydrogens (primary N) is 1. The summed E-state index contributed by atoms with van der Waals surface area (Å²) in [5.74, 6) is 0.448. The molecule has 3 N–H and O–H groups in total. The molecule has 41 heavy (non-hydrogen) atoms. The van der Waals surface area contributed by atoms with E-state index < -0.39 is 0 Å². The van der Waals surface area contributed by atoms with Crippen molar-refractivity contribution in [2.24, 2.45) is 7.05 Å². The minimum Gasteiger partial charge on any atom is -0.423 e. The molecule has 5 rings (SSSR count). The lowest BCUT2D eigenvalue weighted by Crippen LogP contribution is -2.19. The second-order valence-electron chi connectivity index (χ2n) is 9.47. The normalized spacial score (nSPS) is 10.8. The molecule has 10 heteroatoms. The smallest absolute Gasteiger partial charge is 0.322 e. The molecule has 0 saturated heterocycles. The summed E-state index contributed by atoms with van der Waals surface area (Å²) >= 11 is 6.72. The summed E-state index contributed by atoms with van der Waals surface area (Å²) in [4.78, 5) is 24.4. The van der Waals surface area contributed by atoms with Gasteiger partial charge in [-0.15, -0.1) is 0 Å². The van der Waals surface area contributed by atoms with Crippen LogP contribution in [0.4, 0.5) is 5.82 Å². The van der Waals surface area contributed by atoms with Crippen LogP contribution < -0.4 is 15.8 Å². The van der Waals surface area contributed by atoms with Crippen molar-refractivity contribution >= 4 is 34.2 Å². The second-order valence-corrected chi connectivity index (χ2v) is 9.88. The monoisotopic (exact) mass is 563 g/mol. The molecule has 0 aliphatic carbocycles. The lowest BCUT2D eigenvalue weighted by Gasteiger charge is -2.14. The highest BCUT2D eigenvalue weighted by molar-refractivity contribution is 6.32. The SMILES string of the molecule is C=CC(=O)NCc1ccc(-c2c(-c3ccc(Oc4nccc(C)n4)c(Cl)c3)c3c(N)ncc(C#N)c3n2C)c(C)c1. The molecule has 0 saturated carbocycles. The molecule has 0 aliphatic rings. The Hall–Kier alpha value is -5.20. The number of anilines is 1. The van der Waals surface area contributed by atoms with Crippen LogP contribution in [-0.2, 0) is 18.4 Å². The van der Waals surface area contributed by atoms with Gasteiger partial charge >= 0.3 is 6.01 Å². The third-order valence-electron chi connectivity index (χ3n) is 6.75. The minimum atomic E-state index is -0.243. The Labute approximate surface area is 241 Å². The van der Waals surface area contributed by atoms with E-state index in [1.54, 1.807) is 24.4 Å². The summed E-state index contributed by atoms with van der Waals surface area (Å²) in [6, 6.07) is 15.6. The number of hydrogen-bond donors (Lipinski definition) is 2. The van der Waals surface area contributed by atoms with Gasteiger partial charge < -0.3 is 20.4 Å². The van der Waals surface area contributed by atoms with Crippen LogP contribution in [0.1, 0.15) is 22.4 Å². The van der Waals surface area contributed by atoms with Gasteiger partial charge in [0.1, 0.15) is 17.6 Å². The van der Waals surface area contributed by atoms with Crippen molar-refractivity contribution in [2.45, 2.75) is 20.4 Å². The number of benzene rings is 2. The number of ether oxygens (including phenoxy) is 1. The Balaban J connectivity index is 1.68. The van der Waals surface area contributed by atoms with Gasteiger partial charge in [0.05, 0.1) is 27.2 Å². The molecule has 0 radical (unpaired) electrons. The summed E-state index contributed by atoms with van der Waals surface area (Å²) in [6.07, 6.45) is 4.34. The van der Waals surface area contributed by atoms with E-state index in [4.69, 9.17) is 22.1 Å². The van der Waals surface area contributed by atoms with E-state index in [2.05, 4.69) is 32.9 Å². The zero-order chi connectivity index (χ0) is 29.3. The zero-order valence-corrected chi connectivity index (χ0v) is 23.5. The van der Waals surface area contributed by atoms with E-state index in [1.807, 2.05) is 49.7 Å². The first-order valence-electron chi connectivity index (χ1n) is 12.7. The number of nitrogens with one attached hydrogen (secondary N) is 1. The van der Waals surface area contributed by atoms with Gasteiger partial charge in [-0.3, -0.25) is 4.79 Å². The predicted octanol–water partition coefficient (Wildman–Crippen LogP) is 6.02. The molecule has 3 aromatic heterocycles. The Morgan fingerprint density at radius 2 is 2.02 bits per heavy atom. The highest BCUT2D eigenvalue weighted by Crippen LogP contribution is 2.45. The summed E-state index contributed by atoms with van der Waals surface area (Å²) < 4.78 is 7.81. The lowest BCUT2D eigenvalue weighted by atomic mass is 9.95. The van der Waals surface area contributed by atoms with E-state index in [9.17, 15) is 10.1 Å². The van der Waals surface area contributed by atoms with Crippen LogP contribution >= 0.6 is 11.6 Å². The number of nitrogens with zero attached hydrogens (tertiary/aromatic N) is 5. The number of carbonyl (C=O) groups excluding carboxylic acids is 1. The Kier molecular flexibility index (Phi) is 7.42. The van der Waals surface area contributed by atoms with E-state index in [1.165, 1.54) is 12.3 Å². The molecule has 3 heterocycles. The number of carbonyl (C=O) groups is 1. The Bertz CT molecular complexity index is 1890. The van der Waals surface area contributed by atoms with Crippen molar-refractivity contribution in [1.29, 1.82) is 5.26 Å². The van der Waals surface area contributed by atoms with E-state index in [-0.39, 0.29) is 11.9 Å². The highest BCUT2D eigenvalue weighted by atomic mass is 35.5. The summed E-state index contributed by atoms with van der Waals surface area (Å²) in [5.41, 5.74) is 13.5. The topological polar surface area (TPSA) is 132 Å². The number of halogens is 1. The Morgan fingerprint density at radius 3 is 2.71 bits per heavy atom. The maximum atomic E-state index is 11.7. The molecule has 1 amide bonds. The largest absolute Gasteiger partial charge is 0.423 e. The van der Waals surface area contributed by atoms with E-state index >= 15 is 0 Å². The molecule has 0 fully saturated rings. The predicted molar refractivity (Wildman–Crippen MR) is 159 cm³/mol. The van der Waals surface area contributed by atoms with Crippen LogP contribution in [0, 0.1) is 25.2 Å². The third-order valence-corrected chi connectivity index (χ3v) is 7.05. The molecule has 0 unspecified atom stereocenters. The molecule has 0 spiro atoms. The molecule has 5 aromatic rings. The van der Waals surface area contributed by atoms with Gasteiger partial charge in [0.15, 0.2) is 0 Å². The molecule has 9 nitrogen and oxygen atoms in total. The van der Waals surface area contributed by atoms with Crippen LogP contribution in [-0.4, -0.2) is 25.4 Å². The lowest BCUT2D eigenvalue weighted by molar-refractivity contribution is -0.116. The number of fused-ring (bicyclic) bond motifs is 1. The van der Waals surface area contributed by atoms with E-state index in [0.717, 1.165) is 39.2 Å². The van der Waals surface area contributed by atoms with Gasteiger partial charge in [0.25, 0.3) is 0 Å². The van der Waals surface area contributed by atoms with Crippen molar-refractivity contribution in [2.75, 3.05) is 5.73 Å². The molecule has 0 aliphatic heterocycles. The molecular weight excluding hydrogens is 538 g/mol. The van der Waals surface area contributed by atoms with Gasteiger partial charge in [-0.1, -0.05) is 42.4 Å². The third kappa shape index (κ3) is 5.21. The average Bonchev–Trinajstić information content (AvgIpc) is 3.26. The van der Waals surface area contributed by atoms with Crippen LogP contribution in [0.5, 0.6) is 11.8 Å². The fourth-order valence-electron chi connectivity index (χ4n) is 4.86. The number of pyridine rings is 1. The second kappa shape index (κ2) is 11.1. The molecule has 0 bridgehead atoms. The van der Waals surface area contributed by atoms with Gasteiger partial charge in [-0.2, -0.15) is 5.26 Å². The van der Waals surface area contributed by atoms with Gasteiger partial charge in [-0.25, -0.2) is 15.0 Å². The zero-order valence-electron chi connectivity index (χ0n) is 22.7. The molecule has 204 valence electrons. The first-order chi connectivity index (χ1) is 19.7. The van der Waals surface area contributed by atoms with Gasteiger partial charge in [0.2, 0.25) is 5.91 Å². The summed E-state index contributed by atoms with van der Waals surface area (Å²) in [5, 5.41) is 13.7. The van der Waals surface area contributed by atoms with Crippen LogP contribution in [0.15, 0.2) is 67.5 Å². The van der Waals surface area contributed by atoms with Gasteiger partial charge in [0, 0.05) is 42.8 Å². The number of aryl methyl sites for hydroxylation is 3. The van der Waals surface area contributed by atoms with Gasteiger partial charge in [-0.05, 0) is 54.8 Å². The van der Waals surface area contributed by atoms with Crippen LogP contribution in [0.25, 0.3) is 33.3 Å². The summed E-state index contributed by atoms with van der Waals surface area (Å²) in [7, 11) is 1.90. The van der Waals surface area contributed by atoms with Crippen molar-refractivity contribution in [3.63, 3.8) is 0 Å². The average molecular weight is 564 g/mol. The van der Waals surface area contributed by atoms with E-state index in [0.29, 0.717) is 39.6 Å². The maximum Gasteiger partial charge on any atom is 0.322 e. The standard InChI is InChI=1S/C31H26ClN7O2/c1-5-25(40)36-15-19-6-8-22(17(2)12-19)29-26(27-28(39(29)4)21(14-33)16-37-30(27)34)20-7-9-24(23(32)13-20)41-31-35-11-10-18(3)38-31/h5-13,16H,1,15H2,2-4H3,(H2,34,37)(H,36,40). The molecule has 0 atom stereocenters. The first kappa shape index (κ1) is 27.4. The fraction of sp³-hybridized carbons (Fsp3) is 0.129. The summed E-state index contributed by atoms with van der Waals surface area (Å²) in [6.45, 7) is 7.70. The minimum absolute atomic E-state index is 0.192. The molecule has 2 aromatic carbocycles. The van der Waals surface area contributed by atoms with Crippen molar-refractivity contribution in [1.82, 2.24) is 24.8 Å². The Morgan fingerprint density at radius 1 is 1.22 bits per heavy atom. The maximum absolute atomic E-state index is 11.7. The first-order valence-corrected chi connectivity index (χ1v) is 13.0. The number of hydrogen-bond acceptors (Lipinski definition) is 7. The molecular formula is C31H26ClN7O2. The van der Waals surface area contributed by atoms with Crippen molar-refractivity contribution in [3.05, 3.63) is 94.9 Å². The highest BCUT2D eigenvalue weighted by Gasteiger charge is 2.25. The van der Waals surface area contributed by atoms with Crippen molar-refractivity contribution in [3.8, 4) is 40.2 Å². The van der Waals surface area contributed by atoms with Crippen LogP contribution in [0.2, 0.25) is 5.02 Å². The number of rotatable bonds is 7. The van der Waals surface area contributed by atoms with Crippen molar-refractivity contribution < 1.29 is 9.53 Å². The number of aromatic nitrogens is 4. The number of nitriles is 1. The fourth-order valence-corrected chi connectivity index (χ4v) is 5.08. The van der Waals surface area contributed by atoms with Crippen LogP contribution in [0.3, 0.4) is 0 Å². The number of nitrogen functional groups attached to an aromatic ring is 1. The quantitative estimate of drug-likeness (QED) is 0.231. The number of amides is 1.